The molecule has 2 aromatic carbocycles. The monoisotopic (exact) mass is 547 g/mol. The van der Waals surface area contributed by atoms with E-state index in [-0.39, 0.29) is 29.5 Å². The van der Waals surface area contributed by atoms with Gasteiger partial charge in [0.05, 0.1) is 30.8 Å². The first-order valence-electron chi connectivity index (χ1n) is 13.5. The summed E-state index contributed by atoms with van der Waals surface area (Å²) >= 11 is 0. The number of carbonyl (C=O) groups is 2. The van der Waals surface area contributed by atoms with E-state index in [2.05, 4.69) is 33.9 Å². The second kappa shape index (κ2) is 11.5. The summed E-state index contributed by atoms with van der Waals surface area (Å²) in [6.45, 7) is 10.6. The van der Waals surface area contributed by atoms with E-state index < -0.39 is 20.4 Å². The Kier molecular flexibility index (Phi) is 8.52. The number of esters is 1. The molecule has 1 atom stereocenters. The van der Waals surface area contributed by atoms with Gasteiger partial charge in [-0.2, -0.15) is 0 Å². The van der Waals surface area contributed by atoms with Crippen LogP contribution < -0.4 is 0 Å². The molecule has 1 aliphatic rings. The number of nitrogens with zero attached hydrogens (tertiary/aromatic N) is 1. The molecule has 0 bridgehead atoms. The second-order valence-electron chi connectivity index (χ2n) is 11.9. The zero-order valence-electron chi connectivity index (χ0n) is 23.7. The Balaban J connectivity index is 1.71. The highest BCUT2D eigenvalue weighted by Gasteiger charge is 2.40. The molecule has 5 nitrogen and oxygen atoms in total. The normalized spacial score (nSPS) is 15.1. The van der Waals surface area contributed by atoms with Gasteiger partial charge in [0.25, 0.3) is 0 Å². The molecule has 1 heterocycles. The van der Waals surface area contributed by atoms with E-state index in [1.165, 1.54) is 19.2 Å². The average molecular weight is 548 g/mol. The predicted molar refractivity (Wildman–Crippen MR) is 156 cm³/mol. The first-order chi connectivity index (χ1) is 18.4. The van der Waals surface area contributed by atoms with E-state index in [1.807, 2.05) is 30.3 Å². The smallest absolute Gasteiger partial charge is 0.308 e. The van der Waals surface area contributed by atoms with Gasteiger partial charge in [-0.05, 0) is 66.9 Å². The van der Waals surface area contributed by atoms with Crippen LogP contribution >= 0.6 is 0 Å². The SMILES string of the molecule is COC(=O)CC(CC(=O)C=Cc1c(C2CC2)nc2ccccc2c1-c1ccc(F)cc1)O[Si](C)(C)C(C)(C)C. The molecule has 0 radical (unpaired) electrons. The molecule has 0 spiro atoms. The largest absolute Gasteiger partial charge is 0.469 e. The molecule has 0 N–H and O–H groups in total. The molecule has 1 fully saturated rings. The molecular weight excluding hydrogens is 509 g/mol. The van der Waals surface area contributed by atoms with Gasteiger partial charge >= 0.3 is 5.97 Å². The maximum absolute atomic E-state index is 13.8. The van der Waals surface area contributed by atoms with Gasteiger partial charge in [-0.1, -0.05) is 51.1 Å². The number of hydrogen-bond acceptors (Lipinski definition) is 5. The Morgan fingerprint density at radius 3 is 2.36 bits per heavy atom. The van der Waals surface area contributed by atoms with Crippen molar-refractivity contribution in [3.05, 3.63) is 71.7 Å². The van der Waals surface area contributed by atoms with Gasteiger partial charge in [-0.3, -0.25) is 14.6 Å². The van der Waals surface area contributed by atoms with Crippen LogP contribution in [-0.4, -0.2) is 38.3 Å². The fourth-order valence-corrected chi connectivity index (χ4v) is 5.85. The molecular formula is C32H38FNO4Si. The highest BCUT2D eigenvalue weighted by Crippen LogP contribution is 2.45. The standard InChI is InChI=1S/C32H38FNO4Si/c1-32(2,3)39(5,6)38-25(20-29(36)37-4)19-24(35)17-18-27-30(21-13-15-23(33)16-14-21)26-9-7-8-10-28(26)34-31(27)22-11-12-22/h7-10,13-18,22,25H,11-12,19-20H2,1-6H3. The van der Waals surface area contributed by atoms with Crippen molar-refractivity contribution in [1.82, 2.24) is 4.98 Å². The lowest BCUT2D eigenvalue weighted by atomic mass is 9.92. The number of fused-ring (bicyclic) bond motifs is 1. The number of halogens is 1. The molecule has 1 unspecified atom stereocenters. The summed E-state index contributed by atoms with van der Waals surface area (Å²) in [7, 11) is -0.886. The zero-order chi connectivity index (χ0) is 28.4. The summed E-state index contributed by atoms with van der Waals surface area (Å²) in [4.78, 5) is 30.4. The minimum Gasteiger partial charge on any atom is -0.469 e. The number of rotatable bonds is 10. The maximum atomic E-state index is 13.8. The van der Waals surface area contributed by atoms with E-state index in [0.717, 1.165) is 46.1 Å². The minimum atomic E-state index is -2.23. The minimum absolute atomic E-state index is 0.0221. The Bertz CT molecular complexity index is 1390. The van der Waals surface area contributed by atoms with E-state index in [0.29, 0.717) is 5.92 Å². The van der Waals surface area contributed by atoms with Crippen molar-refractivity contribution in [2.24, 2.45) is 0 Å². The third-order valence-corrected chi connectivity index (χ3v) is 12.3. The average Bonchev–Trinajstić information content (AvgIpc) is 3.71. The van der Waals surface area contributed by atoms with Crippen molar-refractivity contribution in [1.29, 1.82) is 0 Å². The van der Waals surface area contributed by atoms with Crippen LogP contribution in [0, 0.1) is 5.82 Å². The highest BCUT2D eigenvalue weighted by atomic mass is 28.4. The topological polar surface area (TPSA) is 65.5 Å². The zero-order valence-corrected chi connectivity index (χ0v) is 24.7. The van der Waals surface area contributed by atoms with Crippen LogP contribution in [0.25, 0.3) is 28.1 Å². The first-order valence-corrected chi connectivity index (χ1v) is 16.4. The molecule has 206 valence electrons. The summed E-state index contributed by atoms with van der Waals surface area (Å²) < 4.78 is 25.2. The summed E-state index contributed by atoms with van der Waals surface area (Å²) in [6.07, 6.45) is 5.04. The van der Waals surface area contributed by atoms with E-state index in [4.69, 9.17) is 14.1 Å². The molecule has 0 saturated heterocycles. The van der Waals surface area contributed by atoms with Crippen LogP contribution in [0.5, 0.6) is 0 Å². The van der Waals surface area contributed by atoms with Crippen molar-refractivity contribution in [2.75, 3.05) is 7.11 Å². The van der Waals surface area contributed by atoms with Crippen molar-refractivity contribution in [3.63, 3.8) is 0 Å². The van der Waals surface area contributed by atoms with E-state index >= 15 is 0 Å². The number of carbonyl (C=O) groups excluding carboxylic acids is 2. The van der Waals surface area contributed by atoms with Gasteiger partial charge in [-0.25, -0.2) is 4.39 Å². The first kappa shape index (κ1) is 28.8. The molecule has 0 amide bonds. The highest BCUT2D eigenvalue weighted by molar-refractivity contribution is 6.74. The Labute approximate surface area is 231 Å². The number of pyridine rings is 1. The molecule has 4 rings (SSSR count). The number of para-hydroxylation sites is 1. The number of ether oxygens (including phenoxy) is 1. The van der Waals surface area contributed by atoms with E-state index in [1.54, 1.807) is 18.2 Å². The number of allylic oxidation sites excluding steroid dienone is 1. The summed E-state index contributed by atoms with van der Waals surface area (Å²) in [5.74, 6) is -0.505. The van der Waals surface area contributed by atoms with Crippen LogP contribution in [0.1, 0.15) is 63.6 Å². The third-order valence-electron chi connectivity index (χ3n) is 7.81. The molecule has 1 aliphatic carbocycles. The number of hydrogen-bond donors (Lipinski definition) is 0. The van der Waals surface area contributed by atoms with Crippen LogP contribution in [0.3, 0.4) is 0 Å². The number of benzene rings is 2. The lowest BCUT2D eigenvalue weighted by molar-refractivity contribution is -0.142. The summed E-state index contributed by atoms with van der Waals surface area (Å²) in [5.41, 5.74) is 4.53. The molecule has 3 aromatic rings. The molecule has 7 heteroatoms. The van der Waals surface area contributed by atoms with Crippen molar-refractivity contribution < 1.29 is 23.1 Å². The maximum Gasteiger partial charge on any atom is 0.308 e. The van der Waals surface area contributed by atoms with Crippen LogP contribution in [0.15, 0.2) is 54.6 Å². The fraction of sp³-hybridized carbons (Fsp3) is 0.406. The molecule has 1 aromatic heterocycles. The number of aromatic nitrogens is 1. The van der Waals surface area contributed by atoms with Gasteiger partial charge < -0.3 is 9.16 Å². The Morgan fingerprint density at radius 2 is 1.74 bits per heavy atom. The second-order valence-corrected chi connectivity index (χ2v) is 16.6. The lowest BCUT2D eigenvalue weighted by Crippen LogP contribution is -2.44. The number of methoxy groups -OCH3 is 1. The van der Waals surface area contributed by atoms with Gasteiger partial charge in [0.1, 0.15) is 5.82 Å². The van der Waals surface area contributed by atoms with Crippen LogP contribution in [-0.2, 0) is 18.8 Å². The van der Waals surface area contributed by atoms with Gasteiger partial charge in [0.15, 0.2) is 14.1 Å². The Morgan fingerprint density at radius 1 is 1.08 bits per heavy atom. The molecule has 1 saturated carbocycles. The van der Waals surface area contributed by atoms with E-state index in [9.17, 15) is 14.0 Å². The number of ketones is 1. The van der Waals surface area contributed by atoms with Crippen LogP contribution in [0.2, 0.25) is 18.1 Å². The predicted octanol–water partition coefficient (Wildman–Crippen LogP) is 7.84. The van der Waals surface area contributed by atoms with Crippen molar-refractivity contribution >= 4 is 37.0 Å². The molecule has 39 heavy (non-hydrogen) atoms. The quantitative estimate of drug-likeness (QED) is 0.147. The third kappa shape index (κ3) is 6.89. The van der Waals surface area contributed by atoms with Crippen LogP contribution in [0.4, 0.5) is 4.39 Å². The van der Waals surface area contributed by atoms with Gasteiger partial charge in [0, 0.05) is 28.9 Å². The summed E-state index contributed by atoms with van der Waals surface area (Å²) in [6, 6.07) is 14.4. The van der Waals surface area contributed by atoms with Crippen molar-refractivity contribution in [3.8, 4) is 11.1 Å². The summed E-state index contributed by atoms with van der Waals surface area (Å²) in [5, 5.41) is 0.880. The molecule has 0 aliphatic heterocycles. The fourth-order valence-electron chi connectivity index (χ4n) is 4.50. The van der Waals surface area contributed by atoms with Gasteiger partial charge in [0.2, 0.25) is 0 Å². The lowest BCUT2D eigenvalue weighted by Gasteiger charge is -2.39. The van der Waals surface area contributed by atoms with Gasteiger partial charge in [-0.15, -0.1) is 0 Å². The Hall–Kier alpha value is -3.16. The van der Waals surface area contributed by atoms with Crippen molar-refractivity contribution in [2.45, 2.75) is 76.6 Å².